The van der Waals surface area contributed by atoms with Crippen LogP contribution in [0.3, 0.4) is 0 Å². The summed E-state index contributed by atoms with van der Waals surface area (Å²) in [6.45, 7) is 2.06. The van der Waals surface area contributed by atoms with Crippen LogP contribution in [0.5, 0.6) is 0 Å². The number of carboxylic acid groups (broad SMARTS) is 1. The number of carbonyl (C=O) groups is 2. The fourth-order valence-electron chi connectivity index (χ4n) is 2.66. The summed E-state index contributed by atoms with van der Waals surface area (Å²) in [6, 6.07) is 2.41. The highest BCUT2D eigenvalue weighted by Crippen LogP contribution is 2.31. The van der Waals surface area contributed by atoms with Gasteiger partial charge in [-0.3, -0.25) is 9.59 Å². The molecule has 1 saturated heterocycles. The number of aliphatic carboxylic acids is 1. The molecule has 0 radical (unpaired) electrons. The zero-order valence-corrected chi connectivity index (χ0v) is 11.4. The number of hydrogen-bond donors (Lipinski definition) is 2. The average molecular weight is 291 g/mol. The van der Waals surface area contributed by atoms with Crippen molar-refractivity contribution in [1.29, 1.82) is 0 Å². The molecule has 0 spiro atoms. The lowest BCUT2D eigenvalue weighted by molar-refractivity contribution is -0.147. The lowest BCUT2D eigenvalue weighted by atomic mass is 9.90. The van der Waals surface area contributed by atoms with Gasteiger partial charge in [0.25, 0.3) is 5.91 Å². The van der Waals surface area contributed by atoms with Gasteiger partial charge in [0.15, 0.2) is 0 Å². The topological polar surface area (TPSA) is 86.3 Å². The maximum Gasteiger partial charge on any atom is 0.311 e. The number of halogens is 1. The van der Waals surface area contributed by atoms with Gasteiger partial charge in [-0.25, -0.2) is 9.37 Å². The van der Waals surface area contributed by atoms with Crippen LogP contribution in [0.2, 0.25) is 0 Å². The van der Waals surface area contributed by atoms with Crippen molar-refractivity contribution in [3.63, 3.8) is 0 Å². The largest absolute Gasteiger partial charge is 0.481 e. The van der Waals surface area contributed by atoms with Gasteiger partial charge in [-0.05, 0) is 25.5 Å². The minimum absolute atomic E-state index is 0.115. The number of nitrogens with one attached hydrogen (secondary N) is 1. The lowest BCUT2D eigenvalue weighted by Gasteiger charge is -2.20. The first-order valence-corrected chi connectivity index (χ1v) is 6.56. The number of rotatable bonds is 2. The van der Waals surface area contributed by atoms with E-state index in [2.05, 4.69) is 9.97 Å². The van der Waals surface area contributed by atoms with E-state index in [1.807, 2.05) is 0 Å². The molecule has 1 amide bonds. The zero-order valence-electron chi connectivity index (χ0n) is 11.4. The first-order valence-electron chi connectivity index (χ1n) is 6.56. The second kappa shape index (κ2) is 4.54. The number of fused-ring (bicyclic) bond motifs is 1. The Morgan fingerprint density at radius 3 is 2.90 bits per heavy atom. The summed E-state index contributed by atoms with van der Waals surface area (Å²) in [5, 5.41) is 9.21. The van der Waals surface area contributed by atoms with Crippen molar-refractivity contribution in [2.75, 3.05) is 13.1 Å². The summed E-state index contributed by atoms with van der Waals surface area (Å²) in [4.78, 5) is 32.0. The van der Waals surface area contributed by atoms with Gasteiger partial charge in [0.2, 0.25) is 0 Å². The molecule has 110 valence electrons. The number of aromatic nitrogens is 2. The molecule has 2 heterocycles. The third-order valence-electron chi connectivity index (χ3n) is 4.00. The Kier molecular flexibility index (Phi) is 2.93. The van der Waals surface area contributed by atoms with Gasteiger partial charge in [-0.2, -0.15) is 0 Å². The number of amides is 1. The van der Waals surface area contributed by atoms with E-state index in [1.54, 1.807) is 6.92 Å². The summed E-state index contributed by atoms with van der Waals surface area (Å²) in [5.41, 5.74) is 0.0398. The smallest absolute Gasteiger partial charge is 0.311 e. The van der Waals surface area contributed by atoms with Crippen molar-refractivity contribution >= 4 is 22.9 Å². The first-order chi connectivity index (χ1) is 9.90. The maximum atomic E-state index is 13.6. The number of hydrogen-bond acceptors (Lipinski definition) is 3. The molecular weight excluding hydrogens is 277 g/mol. The number of carboxylic acids is 1. The summed E-state index contributed by atoms with van der Waals surface area (Å²) in [5.74, 6) is -1.85. The van der Waals surface area contributed by atoms with Gasteiger partial charge in [-0.1, -0.05) is 0 Å². The molecule has 0 bridgehead atoms. The predicted molar refractivity (Wildman–Crippen MR) is 72.3 cm³/mol. The van der Waals surface area contributed by atoms with Crippen LogP contribution in [-0.4, -0.2) is 44.9 Å². The summed E-state index contributed by atoms with van der Waals surface area (Å²) < 4.78 is 13.6. The molecule has 2 N–H and O–H groups in total. The van der Waals surface area contributed by atoms with E-state index >= 15 is 0 Å². The number of nitrogens with zero attached hydrogens (tertiary/aromatic N) is 2. The number of aromatic amines is 1. The van der Waals surface area contributed by atoms with Gasteiger partial charge in [-0.15, -0.1) is 0 Å². The fourth-order valence-corrected chi connectivity index (χ4v) is 2.66. The van der Waals surface area contributed by atoms with Gasteiger partial charge in [0.1, 0.15) is 11.3 Å². The maximum absolute atomic E-state index is 13.6. The second-order valence-corrected chi connectivity index (χ2v) is 5.59. The fraction of sp³-hybridized carbons (Fsp3) is 0.357. The third-order valence-corrected chi connectivity index (χ3v) is 4.00. The Morgan fingerprint density at radius 1 is 1.48 bits per heavy atom. The molecule has 3 rings (SSSR count). The standard InChI is InChI=1S/C14H14FN3O3/c1-14(13(20)21)2-3-18(6-14)12(19)9-4-8(15)5-10-11(9)17-7-16-10/h4-5,7H,2-3,6H2,1H3,(H,16,17)(H,20,21). The van der Waals surface area contributed by atoms with Crippen molar-refractivity contribution in [2.45, 2.75) is 13.3 Å². The van der Waals surface area contributed by atoms with Crippen molar-refractivity contribution in [3.05, 3.63) is 29.8 Å². The van der Waals surface area contributed by atoms with E-state index in [1.165, 1.54) is 17.3 Å². The van der Waals surface area contributed by atoms with Crippen LogP contribution in [0.4, 0.5) is 4.39 Å². The lowest BCUT2D eigenvalue weighted by Crippen LogP contribution is -2.35. The Bertz CT molecular complexity index is 742. The van der Waals surface area contributed by atoms with Crippen LogP contribution in [0, 0.1) is 11.2 Å². The van der Waals surface area contributed by atoms with Crippen LogP contribution in [0.15, 0.2) is 18.5 Å². The third kappa shape index (κ3) is 2.14. The van der Waals surface area contributed by atoms with E-state index in [0.29, 0.717) is 24.0 Å². The highest BCUT2D eigenvalue weighted by Gasteiger charge is 2.42. The second-order valence-electron chi connectivity index (χ2n) is 5.59. The van der Waals surface area contributed by atoms with Crippen molar-refractivity contribution < 1.29 is 19.1 Å². The van der Waals surface area contributed by atoms with Gasteiger partial charge >= 0.3 is 5.97 Å². The Balaban J connectivity index is 1.95. The molecule has 7 heteroatoms. The van der Waals surface area contributed by atoms with Crippen LogP contribution in [0.25, 0.3) is 11.0 Å². The van der Waals surface area contributed by atoms with Gasteiger partial charge < -0.3 is 15.0 Å². The first kappa shape index (κ1) is 13.5. The molecule has 1 aliphatic heterocycles. The summed E-state index contributed by atoms with van der Waals surface area (Å²) in [6.07, 6.45) is 1.78. The van der Waals surface area contributed by atoms with Crippen LogP contribution in [0.1, 0.15) is 23.7 Å². The minimum Gasteiger partial charge on any atom is -0.481 e. The molecule has 2 aromatic rings. The van der Waals surface area contributed by atoms with Crippen LogP contribution in [-0.2, 0) is 4.79 Å². The van der Waals surface area contributed by atoms with Crippen molar-refractivity contribution in [3.8, 4) is 0 Å². The molecule has 1 aliphatic rings. The number of likely N-dealkylation sites (tertiary alicyclic amines) is 1. The van der Waals surface area contributed by atoms with E-state index < -0.39 is 23.1 Å². The van der Waals surface area contributed by atoms with Crippen molar-refractivity contribution in [2.24, 2.45) is 5.41 Å². The predicted octanol–water partition coefficient (Wildman–Crippen LogP) is 1.64. The van der Waals surface area contributed by atoms with E-state index in [-0.39, 0.29) is 12.1 Å². The SMILES string of the molecule is CC1(C(=O)O)CCN(C(=O)c2cc(F)cc3[nH]cnc23)C1. The van der Waals surface area contributed by atoms with Gasteiger partial charge in [0.05, 0.1) is 22.8 Å². The molecule has 1 fully saturated rings. The highest BCUT2D eigenvalue weighted by molar-refractivity contribution is 6.05. The Hall–Kier alpha value is -2.44. The normalized spacial score (nSPS) is 21.9. The van der Waals surface area contributed by atoms with E-state index in [0.717, 1.165) is 6.07 Å². The molecular formula is C14H14FN3O3. The monoisotopic (exact) mass is 291 g/mol. The number of benzene rings is 1. The van der Waals surface area contributed by atoms with E-state index in [4.69, 9.17) is 0 Å². The quantitative estimate of drug-likeness (QED) is 0.880. The summed E-state index contributed by atoms with van der Waals surface area (Å²) >= 11 is 0. The van der Waals surface area contributed by atoms with Crippen LogP contribution < -0.4 is 0 Å². The van der Waals surface area contributed by atoms with Crippen LogP contribution >= 0.6 is 0 Å². The Morgan fingerprint density at radius 2 is 2.24 bits per heavy atom. The number of H-pyrrole nitrogens is 1. The molecule has 1 aromatic carbocycles. The minimum atomic E-state index is -0.951. The molecule has 6 nitrogen and oxygen atoms in total. The molecule has 1 unspecified atom stereocenters. The summed E-state index contributed by atoms with van der Waals surface area (Å²) in [7, 11) is 0. The highest BCUT2D eigenvalue weighted by atomic mass is 19.1. The average Bonchev–Trinajstić information content (AvgIpc) is 3.04. The molecule has 0 aliphatic carbocycles. The van der Waals surface area contributed by atoms with Gasteiger partial charge in [0, 0.05) is 13.1 Å². The number of carbonyl (C=O) groups excluding carboxylic acids is 1. The molecule has 0 saturated carbocycles. The number of imidazole rings is 1. The zero-order chi connectivity index (χ0) is 15.2. The van der Waals surface area contributed by atoms with Crippen molar-refractivity contribution in [1.82, 2.24) is 14.9 Å². The van der Waals surface area contributed by atoms with E-state index in [9.17, 15) is 19.1 Å². The molecule has 1 aromatic heterocycles. The molecule has 1 atom stereocenters. The Labute approximate surface area is 119 Å². The molecule has 21 heavy (non-hydrogen) atoms.